The van der Waals surface area contributed by atoms with Crippen LogP contribution in [0.1, 0.15) is 27.1 Å². The van der Waals surface area contributed by atoms with E-state index in [1.807, 2.05) is 0 Å². The molecule has 1 rings (SSSR count). The summed E-state index contributed by atoms with van der Waals surface area (Å²) in [7, 11) is 2.39. The molecular formula is C13H12N2O5. The lowest BCUT2D eigenvalue weighted by Gasteiger charge is -2.08. The van der Waals surface area contributed by atoms with Crippen LogP contribution in [0.2, 0.25) is 0 Å². The maximum atomic E-state index is 11.5. The number of rotatable bonds is 4. The van der Waals surface area contributed by atoms with E-state index < -0.39 is 17.8 Å². The standard InChI is InChI=1S/C13H12N2O5/c1-19-12(17)8-5-9(13(18)20-2)7-10(6-8)15-11(16)3-4-14/h5-7H,3H2,1-2H3,(H,15,16). The smallest absolute Gasteiger partial charge is 0.337 e. The second kappa shape index (κ2) is 6.89. The minimum absolute atomic E-state index is 0.0858. The lowest BCUT2D eigenvalue weighted by Crippen LogP contribution is -2.13. The van der Waals surface area contributed by atoms with Crippen molar-refractivity contribution in [2.24, 2.45) is 0 Å². The number of esters is 2. The number of carbonyl (C=O) groups is 3. The zero-order valence-corrected chi connectivity index (χ0v) is 10.9. The van der Waals surface area contributed by atoms with Gasteiger partial charge < -0.3 is 14.8 Å². The number of carbonyl (C=O) groups excluding carboxylic acids is 3. The Bertz CT molecular complexity index is 555. The first-order valence-corrected chi connectivity index (χ1v) is 5.50. The summed E-state index contributed by atoms with van der Waals surface area (Å²) in [5.74, 6) is -1.87. The summed E-state index contributed by atoms with van der Waals surface area (Å²) < 4.78 is 9.11. The molecule has 0 saturated carbocycles. The number of methoxy groups -OCH3 is 2. The topological polar surface area (TPSA) is 105 Å². The van der Waals surface area contributed by atoms with Gasteiger partial charge in [0.25, 0.3) is 0 Å². The summed E-state index contributed by atoms with van der Waals surface area (Å²) in [6, 6.07) is 5.66. The van der Waals surface area contributed by atoms with Gasteiger partial charge in [0.2, 0.25) is 5.91 Å². The molecule has 0 saturated heterocycles. The highest BCUT2D eigenvalue weighted by Crippen LogP contribution is 2.17. The fraction of sp³-hybridized carbons (Fsp3) is 0.231. The van der Waals surface area contributed by atoms with E-state index >= 15 is 0 Å². The molecule has 0 aliphatic carbocycles. The van der Waals surface area contributed by atoms with Gasteiger partial charge in [-0.3, -0.25) is 4.79 Å². The molecule has 7 heteroatoms. The Hall–Kier alpha value is -2.88. The number of ether oxygens (including phenoxy) is 2. The van der Waals surface area contributed by atoms with Gasteiger partial charge in [-0.1, -0.05) is 0 Å². The molecule has 0 atom stereocenters. The van der Waals surface area contributed by atoms with E-state index in [-0.39, 0.29) is 23.2 Å². The van der Waals surface area contributed by atoms with Gasteiger partial charge in [0.05, 0.1) is 31.4 Å². The van der Waals surface area contributed by atoms with E-state index in [0.29, 0.717) is 0 Å². The minimum Gasteiger partial charge on any atom is -0.465 e. The molecule has 0 unspecified atom stereocenters. The molecule has 0 radical (unpaired) electrons. The number of nitrogens with zero attached hydrogens (tertiary/aromatic N) is 1. The highest BCUT2D eigenvalue weighted by Gasteiger charge is 2.14. The molecule has 20 heavy (non-hydrogen) atoms. The van der Waals surface area contributed by atoms with Crippen molar-refractivity contribution in [3.63, 3.8) is 0 Å². The Morgan fingerprint density at radius 2 is 1.60 bits per heavy atom. The number of hydrogen-bond acceptors (Lipinski definition) is 6. The Balaban J connectivity index is 3.16. The Morgan fingerprint density at radius 3 is 2.00 bits per heavy atom. The molecule has 1 N–H and O–H groups in total. The van der Waals surface area contributed by atoms with Crippen molar-refractivity contribution in [3.8, 4) is 6.07 Å². The van der Waals surface area contributed by atoms with E-state index in [9.17, 15) is 14.4 Å². The molecule has 0 spiro atoms. The molecular weight excluding hydrogens is 264 g/mol. The maximum absolute atomic E-state index is 11.5. The first kappa shape index (κ1) is 15.2. The third kappa shape index (κ3) is 3.81. The lowest BCUT2D eigenvalue weighted by atomic mass is 10.1. The van der Waals surface area contributed by atoms with Crippen molar-refractivity contribution < 1.29 is 23.9 Å². The van der Waals surface area contributed by atoms with Crippen LogP contribution in [0.15, 0.2) is 18.2 Å². The van der Waals surface area contributed by atoms with E-state index in [1.54, 1.807) is 6.07 Å². The molecule has 1 aromatic carbocycles. The Kier molecular flexibility index (Phi) is 5.23. The SMILES string of the molecule is COC(=O)c1cc(NC(=O)CC#N)cc(C(=O)OC)c1. The summed E-state index contributed by atoms with van der Waals surface area (Å²) >= 11 is 0. The molecule has 0 fully saturated rings. The van der Waals surface area contributed by atoms with Gasteiger partial charge in [-0.15, -0.1) is 0 Å². The highest BCUT2D eigenvalue weighted by molar-refractivity contribution is 5.99. The largest absolute Gasteiger partial charge is 0.465 e. The zero-order chi connectivity index (χ0) is 15.1. The van der Waals surface area contributed by atoms with Crippen molar-refractivity contribution in [3.05, 3.63) is 29.3 Å². The summed E-state index contributed by atoms with van der Waals surface area (Å²) in [6.45, 7) is 0. The first-order valence-electron chi connectivity index (χ1n) is 5.50. The molecule has 0 aliphatic rings. The van der Waals surface area contributed by atoms with Gasteiger partial charge in [0.1, 0.15) is 6.42 Å². The Labute approximate surface area is 115 Å². The quantitative estimate of drug-likeness (QED) is 0.826. The van der Waals surface area contributed by atoms with Crippen LogP contribution in [0.3, 0.4) is 0 Å². The minimum atomic E-state index is -0.661. The lowest BCUT2D eigenvalue weighted by molar-refractivity contribution is -0.115. The molecule has 0 aliphatic heterocycles. The van der Waals surface area contributed by atoms with Crippen molar-refractivity contribution in [1.29, 1.82) is 5.26 Å². The van der Waals surface area contributed by atoms with Crippen LogP contribution in [0.25, 0.3) is 0 Å². The fourth-order valence-corrected chi connectivity index (χ4v) is 1.45. The van der Waals surface area contributed by atoms with Crippen LogP contribution in [-0.2, 0) is 14.3 Å². The number of nitrogens with one attached hydrogen (secondary N) is 1. The molecule has 1 amide bonds. The van der Waals surface area contributed by atoms with Gasteiger partial charge in [-0.05, 0) is 18.2 Å². The van der Waals surface area contributed by atoms with Crippen LogP contribution < -0.4 is 5.32 Å². The van der Waals surface area contributed by atoms with Gasteiger partial charge in [-0.25, -0.2) is 9.59 Å². The van der Waals surface area contributed by atoms with Crippen LogP contribution >= 0.6 is 0 Å². The molecule has 0 heterocycles. The predicted octanol–water partition coefficient (Wildman–Crippen LogP) is 1.11. The van der Waals surface area contributed by atoms with Crippen molar-refractivity contribution >= 4 is 23.5 Å². The maximum Gasteiger partial charge on any atom is 0.337 e. The van der Waals surface area contributed by atoms with Gasteiger partial charge in [0.15, 0.2) is 0 Å². The Morgan fingerprint density at radius 1 is 1.10 bits per heavy atom. The van der Waals surface area contributed by atoms with Gasteiger partial charge in [0, 0.05) is 5.69 Å². The zero-order valence-electron chi connectivity index (χ0n) is 10.9. The van der Waals surface area contributed by atoms with Crippen molar-refractivity contribution in [2.75, 3.05) is 19.5 Å². The summed E-state index contributed by atoms with van der Waals surface area (Å²) in [4.78, 5) is 34.3. The second-order valence-electron chi connectivity index (χ2n) is 3.67. The fourth-order valence-electron chi connectivity index (χ4n) is 1.45. The highest BCUT2D eigenvalue weighted by atomic mass is 16.5. The average Bonchev–Trinajstić information content (AvgIpc) is 2.45. The van der Waals surface area contributed by atoms with Crippen LogP contribution in [0, 0.1) is 11.3 Å². The predicted molar refractivity (Wildman–Crippen MR) is 68.0 cm³/mol. The van der Waals surface area contributed by atoms with Gasteiger partial charge in [-0.2, -0.15) is 5.26 Å². The molecule has 7 nitrogen and oxygen atoms in total. The van der Waals surface area contributed by atoms with Crippen LogP contribution in [0.4, 0.5) is 5.69 Å². The van der Waals surface area contributed by atoms with Crippen molar-refractivity contribution in [2.45, 2.75) is 6.42 Å². The van der Waals surface area contributed by atoms with Crippen LogP contribution in [0.5, 0.6) is 0 Å². The normalized spacial score (nSPS) is 9.25. The van der Waals surface area contributed by atoms with E-state index in [1.165, 1.54) is 32.4 Å². The summed E-state index contributed by atoms with van der Waals surface area (Å²) in [5, 5.41) is 10.8. The number of hydrogen-bond donors (Lipinski definition) is 1. The molecule has 104 valence electrons. The number of benzene rings is 1. The van der Waals surface area contributed by atoms with Gasteiger partial charge >= 0.3 is 11.9 Å². The number of nitriles is 1. The number of amides is 1. The molecule has 1 aromatic rings. The average molecular weight is 276 g/mol. The third-order valence-corrected chi connectivity index (χ3v) is 2.30. The van der Waals surface area contributed by atoms with E-state index in [2.05, 4.69) is 14.8 Å². The van der Waals surface area contributed by atoms with Crippen LogP contribution in [-0.4, -0.2) is 32.1 Å². The first-order chi connectivity index (χ1) is 9.51. The van der Waals surface area contributed by atoms with E-state index in [4.69, 9.17) is 5.26 Å². The third-order valence-electron chi connectivity index (χ3n) is 2.30. The molecule has 0 bridgehead atoms. The summed E-state index contributed by atoms with van der Waals surface area (Å²) in [6.07, 6.45) is -0.337. The molecule has 0 aromatic heterocycles. The second-order valence-corrected chi connectivity index (χ2v) is 3.67. The summed E-state index contributed by atoms with van der Waals surface area (Å²) in [5.41, 5.74) is 0.374. The van der Waals surface area contributed by atoms with Crippen molar-refractivity contribution in [1.82, 2.24) is 0 Å². The number of anilines is 1. The van der Waals surface area contributed by atoms with E-state index in [0.717, 1.165) is 0 Å². The monoisotopic (exact) mass is 276 g/mol.